The summed E-state index contributed by atoms with van der Waals surface area (Å²) in [4.78, 5) is 0. The Bertz CT molecular complexity index is 6.00. The third-order valence-electron chi connectivity index (χ3n) is 0. The van der Waals surface area contributed by atoms with Gasteiger partial charge in [-0.2, -0.15) is 13.5 Å². The fourth-order valence-electron chi connectivity index (χ4n) is 0. The van der Waals surface area contributed by atoms with Gasteiger partial charge in [0.05, 0.1) is 0 Å². The van der Waals surface area contributed by atoms with Gasteiger partial charge in [-0.05, 0) is 0 Å². The largest absolute Gasteiger partial charge is 0.412 e. The number of rotatable bonds is 0. The Labute approximate surface area is 31.7 Å². The smallest absolute Gasteiger partial charge is 0.197 e. The second-order valence-corrected chi connectivity index (χ2v) is 0. The van der Waals surface area contributed by atoms with Crippen molar-refractivity contribution in [2.75, 3.05) is 0 Å². The van der Waals surface area contributed by atoms with Gasteiger partial charge in [0, 0.05) is 0 Å². The summed E-state index contributed by atoms with van der Waals surface area (Å²) in [6, 6.07) is 0. The molecule has 7 N–H and O–H groups in total. The molecule has 0 fully saturated rings. The fourth-order valence-corrected chi connectivity index (χ4v) is 0. The quantitative estimate of drug-likeness (QED) is 0.387. The van der Waals surface area contributed by atoms with Gasteiger partial charge in [0.15, 0.2) is 0 Å². The molecule has 0 aromatic rings. The zero-order chi connectivity index (χ0) is 0. The summed E-state index contributed by atoms with van der Waals surface area (Å²) in [5.74, 6) is 0. The van der Waals surface area contributed by atoms with E-state index >= 15 is 0 Å². The van der Waals surface area contributed by atoms with Crippen molar-refractivity contribution in [3.8, 4) is 0 Å². The van der Waals surface area contributed by atoms with Crippen LogP contribution in [0, 0.1) is 0 Å². The van der Waals surface area contributed by atoms with E-state index in [4.69, 9.17) is 0 Å². The Hall–Kier alpha value is 0.230. The molecule has 0 aromatic carbocycles. The number of hydrogen-bond donors (Lipinski definition) is 1. The normalized spacial score (nSPS) is 0. The molecule has 0 atom stereocenters. The molecule has 0 saturated carbocycles. The van der Waals surface area contributed by atoms with E-state index in [1.807, 2.05) is 0 Å². The van der Waals surface area contributed by atoms with Crippen molar-refractivity contribution in [1.82, 2.24) is 6.15 Å². The Morgan fingerprint density at radius 1 is 0.750 bits per heavy atom. The molecule has 0 bridgehead atoms. The van der Waals surface area contributed by atoms with Crippen molar-refractivity contribution in [3.05, 3.63) is 0 Å². The Morgan fingerprint density at radius 3 is 0.750 bits per heavy atom. The molecule has 0 rings (SSSR count). The Kier molecular flexibility index (Phi) is 63300. The monoisotopic (exact) mass is 87.0 g/mol. The zero-order valence-electron chi connectivity index (χ0n) is 2.21. The van der Waals surface area contributed by atoms with E-state index in [1.165, 1.54) is 0 Å². The van der Waals surface area contributed by atoms with Gasteiger partial charge in [-0.3, -0.25) is 0 Å². The molecule has 0 radical (unpaired) electrons. The highest BCUT2D eigenvalue weighted by Gasteiger charge is -0.197. The van der Waals surface area contributed by atoms with Gasteiger partial charge < -0.3 is 17.1 Å². The van der Waals surface area contributed by atoms with Crippen LogP contribution in [0.2, 0.25) is 0 Å². The fraction of sp³-hybridized carbons (Fsp3) is 0. The van der Waals surface area contributed by atoms with Crippen LogP contribution in [0.1, 0.15) is 0 Å². The summed E-state index contributed by atoms with van der Waals surface area (Å²) >= 11 is 0. The van der Waals surface area contributed by atoms with Gasteiger partial charge >= 0.3 is 0 Å². The van der Waals surface area contributed by atoms with E-state index in [-0.39, 0.29) is 30.6 Å². The van der Waals surface area contributed by atoms with Crippen LogP contribution < -0.4 is 6.15 Å². The first-order valence-corrected chi connectivity index (χ1v) is 0. The van der Waals surface area contributed by atoms with Crippen molar-refractivity contribution in [2.24, 2.45) is 0 Å². The summed E-state index contributed by atoms with van der Waals surface area (Å²) < 4.78 is 0. The lowest BCUT2D eigenvalue weighted by Gasteiger charge is -0.413. The first-order chi connectivity index (χ1) is 0. The molecule has 0 aliphatic rings. The van der Waals surface area contributed by atoms with E-state index in [2.05, 4.69) is 0 Å². The zero-order valence-corrected chi connectivity index (χ0v) is 3.21. The van der Waals surface area contributed by atoms with Crippen LogP contribution in [0.15, 0.2) is 0 Å². The van der Waals surface area contributed by atoms with E-state index in [1.54, 1.807) is 0 Å². The SMILES string of the molecule is N.O.O.S. The molecule has 0 saturated heterocycles. The van der Waals surface area contributed by atoms with E-state index in [9.17, 15) is 0 Å². The third kappa shape index (κ3) is 63.8. The van der Waals surface area contributed by atoms with E-state index in [0.29, 0.717) is 0 Å². The molecule has 0 heterocycles. The first-order valence-electron chi connectivity index (χ1n) is 0. The maximum absolute atomic E-state index is 0. The topological polar surface area (TPSA) is 98.0 Å². The minimum Gasteiger partial charge on any atom is -0.412 e. The standard InChI is InChI=1S/H3N.2H2O.H2S/h1H3;3*1H2. The highest BCUT2D eigenvalue weighted by atomic mass is 32.1. The maximum atomic E-state index is 0. The molecule has 4 heavy (non-hydrogen) atoms. The lowest BCUT2D eigenvalue weighted by molar-refractivity contribution is 0.823. The van der Waals surface area contributed by atoms with Crippen LogP contribution in [0.3, 0.4) is 0 Å². The maximum Gasteiger partial charge on any atom is -0.197 e. The molecule has 0 aliphatic heterocycles. The summed E-state index contributed by atoms with van der Waals surface area (Å²) in [7, 11) is 0. The van der Waals surface area contributed by atoms with Gasteiger partial charge in [-0.1, -0.05) is 0 Å². The third-order valence-corrected chi connectivity index (χ3v) is 0. The van der Waals surface area contributed by atoms with Crippen LogP contribution in [0.25, 0.3) is 0 Å². The molecule has 0 unspecified atom stereocenters. The summed E-state index contributed by atoms with van der Waals surface area (Å²) in [6.45, 7) is 0. The molecular formula is H9NO2S. The van der Waals surface area contributed by atoms with Crippen LogP contribution >= 0.6 is 13.5 Å². The highest BCUT2D eigenvalue weighted by molar-refractivity contribution is 7.59. The molecule has 4 heteroatoms. The van der Waals surface area contributed by atoms with Crippen molar-refractivity contribution in [3.63, 3.8) is 0 Å². The molecular weight excluding hydrogens is 78.1 g/mol. The van der Waals surface area contributed by atoms with Gasteiger partial charge in [0.25, 0.3) is 0 Å². The molecule has 0 aromatic heterocycles. The second-order valence-electron chi connectivity index (χ2n) is 0. The lowest BCUT2D eigenvalue weighted by Crippen LogP contribution is -0.481. The average molecular weight is 87.1 g/mol. The van der Waals surface area contributed by atoms with Crippen molar-refractivity contribution < 1.29 is 11.0 Å². The van der Waals surface area contributed by atoms with Crippen molar-refractivity contribution in [2.45, 2.75) is 0 Å². The Balaban J connectivity index is 0. The van der Waals surface area contributed by atoms with E-state index in [0.717, 1.165) is 0 Å². The van der Waals surface area contributed by atoms with Crippen molar-refractivity contribution in [1.29, 1.82) is 0 Å². The molecule has 0 amide bonds. The van der Waals surface area contributed by atoms with Gasteiger partial charge in [-0.25, -0.2) is 0 Å². The lowest BCUT2D eigenvalue weighted by atomic mass is 14.0. The molecule has 0 aliphatic carbocycles. The van der Waals surface area contributed by atoms with Crippen LogP contribution in [0.4, 0.5) is 0 Å². The van der Waals surface area contributed by atoms with Crippen LogP contribution in [-0.4, -0.2) is 11.0 Å². The predicted octanol–water partition coefficient (Wildman–Crippen LogP) is -1.37. The molecule has 32 valence electrons. The minimum atomic E-state index is 0. The minimum absolute atomic E-state index is 0. The van der Waals surface area contributed by atoms with Gasteiger partial charge in [0.2, 0.25) is 0 Å². The predicted molar refractivity (Wildman–Crippen MR) is 22.6 cm³/mol. The first kappa shape index (κ1) is 834. The van der Waals surface area contributed by atoms with E-state index < -0.39 is 0 Å². The number of hydrogen-bond acceptors (Lipinski definition) is 1. The highest BCUT2D eigenvalue weighted by Crippen LogP contribution is 0.648. The molecule has 0 spiro atoms. The summed E-state index contributed by atoms with van der Waals surface area (Å²) in [5, 5.41) is 0. The average Bonchev–Trinajstić information content (AvgIpc) is 0. The summed E-state index contributed by atoms with van der Waals surface area (Å²) in [5.41, 5.74) is 0. The van der Waals surface area contributed by atoms with Gasteiger partial charge in [0.1, 0.15) is 0 Å². The summed E-state index contributed by atoms with van der Waals surface area (Å²) in [6.07, 6.45) is 0. The van der Waals surface area contributed by atoms with Crippen LogP contribution in [0.5, 0.6) is 0 Å². The molecule has 3 nitrogen and oxygen atoms in total. The Morgan fingerprint density at radius 2 is 0.750 bits per heavy atom. The van der Waals surface area contributed by atoms with Gasteiger partial charge in [-0.15, -0.1) is 0 Å². The van der Waals surface area contributed by atoms with Crippen molar-refractivity contribution >= 4 is 13.5 Å². The second kappa shape index (κ2) is 304. The van der Waals surface area contributed by atoms with Crippen LogP contribution in [-0.2, 0) is 0 Å².